The summed E-state index contributed by atoms with van der Waals surface area (Å²) >= 11 is 0. The Bertz CT molecular complexity index is 1140. The molecule has 2 aromatic carbocycles. The number of para-hydroxylation sites is 1. The van der Waals surface area contributed by atoms with Gasteiger partial charge in [-0.05, 0) is 58.1 Å². The number of aryl methyl sites for hydroxylation is 1. The molecule has 0 N–H and O–H groups in total. The van der Waals surface area contributed by atoms with Gasteiger partial charge in [0.2, 0.25) is 5.91 Å². The monoisotopic (exact) mass is 448 g/mol. The highest BCUT2D eigenvalue weighted by molar-refractivity contribution is 5.79. The number of hydrogen-bond donors (Lipinski definition) is 0. The lowest BCUT2D eigenvalue weighted by atomic mass is 10.1. The number of amides is 1. The molecule has 1 unspecified atom stereocenters. The van der Waals surface area contributed by atoms with Crippen LogP contribution in [0.5, 0.6) is 0 Å². The molecular weight excluding hydrogens is 412 g/mol. The predicted molar refractivity (Wildman–Crippen MR) is 135 cm³/mol. The number of fused-ring (bicyclic) bond motifs is 1. The van der Waals surface area contributed by atoms with Crippen LogP contribution < -0.4 is 5.56 Å². The average Bonchev–Trinajstić information content (AvgIpc) is 2.81. The SMILES string of the molecule is CCCCC(=O)N(CCN(C)C)C(CC)c1nc2ccccc2c(=O)n1-c1ccc(C)cc1. The zero-order chi connectivity index (χ0) is 24.0. The van der Waals surface area contributed by atoms with E-state index in [4.69, 9.17) is 4.98 Å². The minimum Gasteiger partial charge on any atom is -0.331 e. The highest BCUT2D eigenvalue weighted by Gasteiger charge is 2.28. The summed E-state index contributed by atoms with van der Waals surface area (Å²) in [4.78, 5) is 36.0. The van der Waals surface area contributed by atoms with E-state index in [0.29, 0.717) is 36.1 Å². The third-order valence-corrected chi connectivity index (χ3v) is 6.01. The normalized spacial score (nSPS) is 12.3. The van der Waals surface area contributed by atoms with Crippen molar-refractivity contribution in [2.75, 3.05) is 27.2 Å². The van der Waals surface area contributed by atoms with Crippen molar-refractivity contribution in [1.29, 1.82) is 0 Å². The van der Waals surface area contributed by atoms with E-state index < -0.39 is 0 Å². The lowest BCUT2D eigenvalue weighted by Crippen LogP contribution is -2.41. The van der Waals surface area contributed by atoms with Crippen LogP contribution >= 0.6 is 0 Å². The first kappa shape index (κ1) is 24.6. The van der Waals surface area contributed by atoms with Crippen molar-refractivity contribution in [3.63, 3.8) is 0 Å². The number of benzene rings is 2. The Morgan fingerprint density at radius 1 is 1.03 bits per heavy atom. The largest absolute Gasteiger partial charge is 0.331 e. The Labute approximate surface area is 196 Å². The van der Waals surface area contributed by atoms with Gasteiger partial charge in [-0.15, -0.1) is 0 Å². The van der Waals surface area contributed by atoms with Gasteiger partial charge in [-0.1, -0.05) is 50.1 Å². The van der Waals surface area contributed by atoms with Crippen LogP contribution in [-0.4, -0.2) is 52.4 Å². The number of unbranched alkanes of at least 4 members (excludes halogenated alkanes) is 1. The molecule has 176 valence electrons. The lowest BCUT2D eigenvalue weighted by molar-refractivity contribution is -0.134. The highest BCUT2D eigenvalue weighted by atomic mass is 16.2. The van der Waals surface area contributed by atoms with Crippen molar-refractivity contribution in [1.82, 2.24) is 19.4 Å². The second kappa shape index (κ2) is 11.2. The van der Waals surface area contributed by atoms with Crippen LogP contribution in [-0.2, 0) is 4.79 Å². The third-order valence-electron chi connectivity index (χ3n) is 6.01. The van der Waals surface area contributed by atoms with E-state index in [1.54, 1.807) is 4.57 Å². The maximum atomic E-state index is 13.7. The molecule has 0 saturated carbocycles. The molecule has 3 aromatic rings. The van der Waals surface area contributed by atoms with Gasteiger partial charge in [-0.3, -0.25) is 14.2 Å². The molecule has 3 rings (SSSR count). The Balaban J connectivity index is 2.21. The number of hydrogen-bond acceptors (Lipinski definition) is 4. The number of likely N-dealkylation sites (N-methyl/N-ethyl adjacent to an activating group) is 1. The Morgan fingerprint density at radius 2 is 1.73 bits per heavy atom. The van der Waals surface area contributed by atoms with Crippen LogP contribution in [0, 0.1) is 6.92 Å². The molecule has 6 heteroatoms. The zero-order valence-electron chi connectivity index (χ0n) is 20.5. The molecular formula is C27H36N4O2. The highest BCUT2D eigenvalue weighted by Crippen LogP contribution is 2.27. The zero-order valence-corrected chi connectivity index (χ0v) is 20.5. The first-order valence-corrected chi connectivity index (χ1v) is 11.9. The van der Waals surface area contributed by atoms with Crippen LogP contribution in [0.1, 0.15) is 57.0 Å². The van der Waals surface area contributed by atoms with E-state index in [2.05, 4.69) is 18.7 Å². The molecule has 0 aliphatic carbocycles. The molecule has 0 fully saturated rings. The van der Waals surface area contributed by atoms with Crippen molar-refractivity contribution in [3.8, 4) is 5.69 Å². The van der Waals surface area contributed by atoms with Crippen LogP contribution in [0.25, 0.3) is 16.6 Å². The molecule has 0 bridgehead atoms. The van der Waals surface area contributed by atoms with Gasteiger partial charge in [0.15, 0.2) is 0 Å². The summed E-state index contributed by atoms with van der Waals surface area (Å²) in [6, 6.07) is 15.0. The van der Waals surface area contributed by atoms with Crippen molar-refractivity contribution >= 4 is 16.8 Å². The number of aromatic nitrogens is 2. The second-order valence-corrected chi connectivity index (χ2v) is 8.88. The van der Waals surface area contributed by atoms with E-state index in [0.717, 1.165) is 30.6 Å². The van der Waals surface area contributed by atoms with Gasteiger partial charge in [0.05, 0.1) is 22.6 Å². The third kappa shape index (κ3) is 5.69. The van der Waals surface area contributed by atoms with E-state index in [1.807, 2.05) is 74.4 Å². The van der Waals surface area contributed by atoms with Crippen molar-refractivity contribution < 1.29 is 4.79 Å². The van der Waals surface area contributed by atoms with E-state index >= 15 is 0 Å². The standard InChI is InChI=1S/C27H36N4O2/c1-6-8-13-25(32)30(19-18-29(4)5)24(7-2)26-28-23-12-10-9-11-22(23)27(33)31(26)21-16-14-20(3)15-17-21/h9-12,14-17,24H,6-8,13,18-19H2,1-5H3. The summed E-state index contributed by atoms with van der Waals surface area (Å²) in [5, 5.41) is 0.578. The first-order chi connectivity index (χ1) is 15.9. The summed E-state index contributed by atoms with van der Waals surface area (Å²) in [5.41, 5.74) is 2.45. The van der Waals surface area contributed by atoms with Gasteiger partial charge in [0.1, 0.15) is 5.82 Å². The molecule has 0 saturated heterocycles. The van der Waals surface area contributed by atoms with Gasteiger partial charge in [-0.2, -0.15) is 0 Å². The first-order valence-electron chi connectivity index (χ1n) is 11.9. The Hall–Kier alpha value is -2.99. The summed E-state index contributed by atoms with van der Waals surface area (Å²) in [6.07, 6.45) is 2.99. The number of carbonyl (C=O) groups excluding carboxylic acids is 1. The van der Waals surface area contributed by atoms with Crippen molar-refractivity contribution in [2.24, 2.45) is 0 Å². The van der Waals surface area contributed by atoms with E-state index in [9.17, 15) is 9.59 Å². The van der Waals surface area contributed by atoms with Crippen molar-refractivity contribution in [3.05, 3.63) is 70.3 Å². The molecule has 0 aliphatic heterocycles. The molecule has 33 heavy (non-hydrogen) atoms. The van der Waals surface area contributed by atoms with Gasteiger partial charge in [0.25, 0.3) is 5.56 Å². The summed E-state index contributed by atoms with van der Waals surface area (Å²) in [6.45, 7) is 7.51. The number of rotatable bonds is 10. The van der Waals surface area contributed by atoms with Crippen LogP contribution in [0.3, 0.4) is 0 Å². The fourth-order valence-corrected chi connectivity index (χ4v) is 4.09. The Morgan fingerprint density at radius 3 is 2.36 bits per heavy atom. The molecule has 0 aliphatic rings. The van der Waals surface area contributed by atoms with E-state index in [-0.39, 0.29) is 17.5 Å². The van der Waals surface area contributed by atoms with Crippen LogP contribution in [0.4, 0.5) is 0 Å². The average molecular weight is 449 g/mol. The van der Waals surface area contributed by atoms with Gasteiger partial charge in [-0.25, -0.2) is 4.98 Å². The molecule has 0 spiro atoms. The molecule has 1 heterocycles. The molecule has 1 atom stereocenters. The summed E-state index contributed by atoms with van der Waals surface area (Å²) < 4.78 is 1.70. The van der Waals surface area contributed by atoms with Crippen molar-refractivity contribution in [2.45, 2.75) is 52.5 Å². The maximum Gasteiger partial charge on any atom is 0.266 e. The topological polar surface area (TPSA) is 58.4 Å². The lowest BCUT2D eigenvalue weighted by Gasteiger charge is -2.33. The van der Waals surface area contributed by atoms with E-state index in [1.165, 1.54) is 0 Å². The van der Waals surface area contributed by atoms with Gasteiger partial charge < -0.3 is 9.80 Å². The predicted octanol–water partition coefficient (Wildman–Crippen LogP) is 4.73. The molecule has 1 amide bonds. The smallest absolute Gasteiger partial charge is 0.266 e. The fraction of sp³-hybridized carbons (Fsp3) is 0.444. The van der Waals surface area contributed by atoms with Crippen LogP contribution in [0.15, 0.2) is 53.3 Å². The molecule has 0 radical (unpaired) electrons. The Kier molecular flexibility index (Phi) is 8.39. The van der Waals surface area contributed by atoms with Gasteiger partial charge >= 0.3 is 0 Å². The molecule has 1 aromatic heterocycles. The minimum atomic E-state index is -0.298. The quantitative estimate of drug-likeness (QED) is 0.450. The van der Waals surface area contributed by atoms with Crippen LogP contribution in [0.2, 0.25) is 0 Å². The summed E-state index contributed by atoms with van der Waals surface area (Å²) in [7, 11) is 4.01. The molecule has 6 nitrogen and oxygen atoms in total. The van der Waals surface area contributed by atoms with Gasteiger partial charge in [0, 0.05) is 19.5 Å². The second-order valence-electron chi connectivity index (χ2n) is 8.88. The number of nitrogens with zero attached hydrogens (tertiary/aromatic N) is 4. The fourth-order valence-electron chi connectivity index (χ4n) is 4.09. The maximum absolute atomic E-state index is 13.7. The minimum absolute atomic E-state index is 0.105. The number of carbonyl (C=O) groups is 1. The summed E-state index contributed by atoms with van der Waals surface area (Å²) in [5.74, 6) is 0.733.